The molecule has 162 valence electrons. The number of aromatic nitrogens is 3. The van der Waals surface area contributed by atoms with E-state index in [4.69, 9.17) is 9.47 Å². The minimum atomic E-state index is -0.291. The van der Waals surface area contributed by atoms with Crippen molar-refractivity contribution in [1.29, 1.82) is 0 Å². The fraction of sp³-hybridized carbons (Fsp3) is 0.0385. The number of H-pyrrole nitrogens is 1. The summed E-state index contributed by atoms with van der Waals surface area (Å²) in [6.07, 6.45) is 1.63. The number of nitrogens with zero attached hydrogens (tertiary/aromatic N) is 2. The third-order valence-electron chi connectivity index (χ3n) is 5.10. The maximum atomic E-state index is 13.0. The number of pyridine rings is 1. The minimum absolute atomic E-state index is 0.291. The summed E-state index contributed by atoms with van der Waals surface area (Å²) >= 11 is 0. The molecule has 0 spiro atoms. The lowest BCUT2D eigenvalue weighted by Gasteiger charge is -2.11. The molecule has 0 fully saturated rings. The maximum absolute atomic E-state index is 13.0. The van der Waals surface area contributed by atoms with E-state index in [9.17, 15) is 4.79 Å². The van der Waals surface area contributed by atoms with Gasteiger partial charge in [-0.3, -0.25) is 9.78 Å². The van der Waals surface area contributed by atoms with Crippen molar-refractivity contribution in [3.63, 3.8) is 0 Å². The number of rotatable bonds is 6. The van der Waals surface area contributed by atoms with Gasteiger partial charge in [-0.25, -0.2) is 4.98 Å². The Morgan fingerprint density at radius 2 is 1.55 bits per heavy atom. The van der Waals surface area contributed by atoms with E-state index in [1.165, 1.54) is 0 Å². The maximum Gasteiger partial charge on any atom is 0.262 e. The summed E-state index contributed by atoms with van der Waals surface area (Å²) < 4.78 is 11.3. The first-order valence-electron chi connectivity index (χ1n) is 10.3. The molecule has 0 amide bonds. The van der Waals surface area contributed by atoms with Crippen LogP contribution in [0.5, 0.6) is 17.2 Å². The lowest BCUT2D eigenvalue weighted by atomic mass is 10.0. The van der Waals surface area contributed by atoms with Gasteiger partial charge in [-0.2, -0.15) is 4.98 Å². The second-order valence-electron chi connectivity index (χ2n) is 7.24. The molecular formula is C26H20N4O3. The van der Waals surface area contributed by atoms with Gasteiger partial charge in [0.2, 0.25) is 5.95 Å². The van der Waals surface area contributed by atoms with E-state index in [0.29, 0.717) is 34.0 Å². The van der Waals surface area contributed by atoms with Gasteiger partial charge in [-0.15, -0.1) is 0 Å². The van der Waals surface area contributed by atoms with E-state index in [-0.39, 0.29) is 5.56 Å². The Morgan fingerprint density at radius 3 is 2.33 bits per heavy atom. The third kappa shape index (κ3) is 4.24. The first-order valence-corrected chi connectivity index (χ1v) is 10.3. The van der Waals surface area contributed by atoms with Crippen LogP contribution in [0.15, 0.2) is 95.9 Å². The van der Waals surface area contributed by atoms with Crippen LogP contribution in [0.2, 0.25) is 0 Å². The lowest BCUT2D eigenvalue weighted by Crippen LogP contribution is -2.13. The molecule has 3 aromatic carbocycles. The fourth-order valence-corrected chi connectivity index (χ4v) is 3.58. The highest BCUT2D eigenvalue weighted by Crippen LogP contribution is 2.32. The highest BCUT2D eigenvalue weighted by Gasteiger charge is 2.14. The van der Waals surface area contributed by atoms with Gasteiger partial charge in [0.25, 0.3) is 5.56 Å². The smallest absolute Gasteiger partial charge is 0.262 e. The Labute approximate surface area is 189 Å². The minimum Gasteiger partial charge on any atom is -0.496 e. The summed E-state index contributed by atoms with van der Waals surface area (Å²) in [5.74, 6) is 2.43. The van der Waals surface area contributed by atoms with Crippen LogP contribution in [-0.2, 0) is 0 Å². The van der Waals surface area contributed by atoms with Crippen molar-refractivity contribution in [1.82, 2.24) is 15.0 Å². The Balaban J connectivity index is 1.44. The molecule has 33 heavy (non-hydrogen) atoms. The second-order valence-corrected chi connectivity index (χ2v) is 7.24. The number of anilines is 2. The molecule has 5 aromatic rings. The normalized spacial score (nSPS) is 10.7. The molecule has 2 aromatic heterocycles. The van der Waals surface area contributed by atoms with Crippen molar-refractivity contribution in [3.05, 3.63) is 101 Å². The molecule has 7 heteroatoms. The number of nitrogens with one attached hydrogen (secondary N) is 2. The number of fused-ring (bicyclic) bond motifs is 1. The molecule has 0 aliphatic carbocycles. The van der Waals surface area contributed by atoms with E-state index >= 15 is 0 Å². The summed E-state index contributed by atoms with van der Waals surface area (Å²) in [6.45, 7) is 0. The van der Waals surface area contributed by atoms with E-state index in [0.717, 1.165) is 17.0 Å². The summed E-state index contributed by atoms with van der Waals surface area (Å²) in [5.41, 5.74) is 2.31. The summed E-state index contributed by atoms with van der Waals surface area (Å²) in [4.78, 5) is 24.6. The molecule has 5 rings (SSSR count). The molecule has 0 radical (unpaired) electrons. The standard InChI is InChI=1S/C26H20N4O3/c1-32-22-10-6-5-9-20(22)21-15-16-27-24-23(21)25(31)30-26(29-24)28-17-11-13-19(14-12-17)33-18-7-3-2-4-8-18/h2-16H,1H3,(H2,27,28,29,30,31). The van der Waals surface area contributed by atoms with Gasteiger partial charge < -0.3 is 14.8 Å². The van der Waals surface area contributed by atoms with Crippen LogP contribution in [0.25, 0.3) is 22.2 Å². The van der Waals surface area contributed by atoms with E-state index in [2.05, 4.69) is 20.3 Å². The Bertz CT molecular complexity index is 1470. The van der Waals surface area contributed by atoms with Crippen LogP contribution >= 0.6 is 0 Å². The predicted molar refractivity (Wildman–Crippen MR) is 128 cm³/mol. The highest BCUT2D eigenvalue weighted by atomic mass is 16.5. The lowest BCUT2D eigenvalue weighted by molar-refractivity contribution is 0.416. The van der Waals surface area contributed by atoms with Gasteiger partial charge in [0, 0.05) is 23.0 Å². The predicted octanol–water partition coefficient (Wildman–Crippen LogP) is 5.53. The van der Waals surface area contributed by atoms with Crippen molar-refractivity contribution in [2.45, 2.75) is 0 Å². The van der Waals surface area contributed by atoms with Gasteiger partial charge in [-0.05, 0) is 48.5 Å². The zero-order valence-corrected chi connectivity index (χ0v) is 17.8. The highest BCUT2D eigenvalue weighted by molar-refractivity contribution is 5.94. The number of methoxy groups -OCH3 is 1. The van der Waals surface area contributed by atoms with Crippen LogP contribution < -0.4 is 20.3 Å². The van der Waals surface area contributed by atoms with Crippen molar-refractivity contribution in [2.24, 2.45) is 0 Å². The zero-order chi connectivity index (χ0) is 22.6. The molecular weight excluding hydrogens is 416 g/mol. The Hall–Kier alpha value is -4.65. The summed E-state index contributed by atoms with van der Waals surface area (Å²) in [7, 11) is 1.60. The molecule has 0 saturated carbocycles. The molecule has 0 bridgehead atoms. The van der Waals surface area contributed by atoms with Crippen LogP contribution in [-0.4, -0.2) is 22.1 Å². The van der Waals surface area contributed by atoms with Crippen LogP contribution in [0.1, 0.15) is 0 Å². The molecule has 7 nitrogen and oxygen atoms in total. The monoisotopic (exact) mass is 436 g/mol. The van der Waals surface area contributed by atoms with E-state index < -0.39 is 0 Å². The summed E-state index contributed by atoms with van der Waals surface area (Å²) in [5, 5.41) is 3.52. The number of hydrogen-bond acceptors (Lipinski definition) is 6. The molecule has 0 atom stereocenters. The van der Waals surface area contributed by atoms with E-state index in [1.54, 1.807) is 19.4 Å². The van der Waals surface area contributed by atoms with Gasteiger partial charge >= 0.3 is 0 Å². The average Bonchev–Trinajstić information content (AvgIpc) is 2.85. The van der Waals surface area contributed by atoms with Gasteiger partial charge in [0.1, 0.15) is 17.2 Å². The van der Waals surface area contributed by atoms with Crippen LogP contribution in [0.3, 0.4) is 0 Å². The van der Waals surface area contributed by atoms with Gasteiger partial charge in [0.05, 0.1) is 12.5 Å². The van der Waals surface area contributed by atoms with E-state index in [1.807, 2.05) is 78.9 Å². The summed E-state index contributed by atoms with van der Waals surface area (Å²) in [6, 6.07) is 26.2. The molecule has 0 unspecified atom stereocenters. The first-order chi connectivity index (χ1) is 16.2. The quantitative estimate of drug-likeness (QED) is 0.364. The molecule has 2 heterocycles. The zero-order valence-electron chi connectivity index (χ0n) is 17.8. The number of hydrogen-bond donors (Lipinski definition) is 2. The molecule has 2 N–H and O–H groups in total. The molecule has 0 aliphatic rings. The average molecular weight is 436 g/mol. The van der Waals surface area contributed by atoms with Crippen molar-refractivity contribution in [2.75, 3.05) is 12.4 Å². The number of benzene rings is 3. The number of ether oxygens (including phenoxy) is 2. The SMILES string of the molecule is COc1ccccc1-c1ccnc2nc(Nc3ccc(Oc4ccccc4)cc3)[nH]c(=O)c12. The van der Waals surface area contributed by atoms with Gasteiger partial charge in [0.15, 0.2) is 5.65 Å². The fourth-order valence-electron chi connectivity index (χ4n) is 3.58. The third-order valence-corrected chi connectivity index (χ3v) is 5.10. The first kappa shape index (κ1) is 20.3. The topological polar surface area (TPSA) is 89.1 Å². The Kier molecular flexibility index (Phi) is 5.43. The van der Waals surface area contributed by atoms with Crippen LogP contribution in [0.4, 0.5) is 11.6 Å². The van der Waals surface area contributed by atoms with Crippen LogP contribution in [0, 0.1) is 0 Å². The number of para-hydroxylation sites is 2. The van der Waals surface area contributed by atoms with Crippen molar-refractivity contribution < 1.29 is 9.47 Å². The molecule has 0 saturated heterocycles. The van der Waals surface area contributed by atoms with Crippen molar-refractivity contribution in [3.8, 4) is 28.4 Å². The molecule has 0 aliphatic heterocycles. The Morgan fingerprint density at radius 1 is 0.818 bits per heavy atom. The second kappa shape index (κ2) is 8.84. The van der Waals surface area contributed by atoms with Crippen molar-refractivity contribution >= 4 is 22.7 Å². The largest absolute Gasteiger partial charge is 0.496 e. The van der Waals surface area contributed by atoms with Gasteiger partial charge in [-0.1, -0.05) is 36.4 Å². The number of aromatic amines is 1.